The van der Waals surface area contributed by atoms with E-state index in [2.05, 4.69) is 4.90 Å². The number of carboxylic acids is 1. The van der Waals surface area contributed by atoms with Crippen molar-refractivity contribution in [2.75, 3.05) is 33.4 Å². The highest BCUT2D eigenvalue weighted by atomic mass is 16.5. The van der Waals surface area contributed by atoms with Gasteiger partial charge in [-0.25, -0.2) is 0 Å². The van der Waals surface area contributed by atoms with E-state index in [9.17, 15) is 4.79 Å². The van der Waals surface area contributed by atoms with E-state index in [-0.39, 0.29) is 11.8 Å². The van der Waals surface area contributed by atoms with Gasteiger partial charge in [0.15, 0.2) is 0 Å². The maximum absolute atomic E-state index is 10.8. The quantitative estimate of drug-likeness (QED) is 0.664. The molecule has 1 N–H and O–H groups in total. The van der Waals surface area contributed by atoms with E-state index in [1.54, 1.807) is 7.11 Å². The Labute approximate surface area is 84.8 Å². The highest BCUT2D eigenvalue weighted by molar-refractivity contribution is 5.71. The molecule has 0 aromatic carbocycles. The summed E-state index contributed by atoms with van der Waals surface area (Å²) >= 11 is 0. The van der Waals surface area contributed by atoms with Crippen LogP contribution in [0.3, 0.4) is 0 Å². The summed E-state index contributed by atoms with van der Waals surface area (Å²) in [5.74, 6) is -0.570. The minimum atomic E-state index is -0.660. The summed E-state index contributed by atoms with van der Waals surface area (Å²) in [5, 5.41) is 8.92. The average molecular weight is 201 g/mol. The Bertz CT molecular complexity index is 196. The zero-order valence-electron chi connectivity index (χ0n) is 8.90. The third-order valence-electron chi connectivity index (χ3n) is 2.83. The molecule has 0 aromatic rings. The van der Waals surface area contributed by atoms with E-state index in [0.29, 0.717) is 6.54 Å². The molecule has 82 valence electrons. The Morgan fingerprint density at radius 1 is 1.57 bits per heavy atom. The van der Waals surface area contributed by atoms with Crippen LogP contribution < -0.4 is 0 Å². The molecule has 4 heteroatoms. The summed E-state index contributed by atoms with van der Waals surface area (Å²) in [7, 11) is 1.69. The second-order valence-corrected chi connectivity index (χ2v) is 4.03. The number of hydrogen-bond acceptors (Lipinski definition) is 3. The van der Waals surface area contributed by atoms with Gasteiger partial charge < -0.3 is 14.7 Å². The zero-order valence-corrected chi connectivity index (χ0v) is 8.90. The predicted molar refractivity (Wildman–Crippen MR) is 53.2 cm³/mol. The lowest BCUT2D eigenvalue weighted by molar-refractivity contribution is -0.142. The van der Waals surface area contributed by atoms with Gasteiger partial charge in [-0.15, -0.1) is 0 Å². The lowest BCUT2D eigenvalue weighted by Crippen LogP contribution is -2.24. The van der Waals surface area contributed by atoms with Gasteiger partial charge in [0.05, 0.1) is 5.92 Å². The van der Waals surface area contributed by atoms with E-state index in [1.165, 1.54) is 0 Å². The molecule has 1 aliphatic heterocycles. The van der Waals surface area contributed by atoms with Gasteiger partial charge in [-0.05, 0) is 12.3 Å². The Morgan fingerprint density at radius 2 is 2.29 bits per heavy atom. The summed E-state index contributed by atoms with van der Waals surface area (Å²) in [6.45, 7) is 5.31. The Balaban J connectivity index is 2.28. The van der Waals surface area contributed by atoms with Gasteiger partial charge in [-0.2, -0.15) is 0 Å². The number of ether oxygens (including phenoxy) is 1. The number of nitrogens with zero attached hydrogens (tertiary/aromatic N) is 1. The van der Waals surface area contributed by atoms with Crippen molar-refractivity contribution in [1.82, 2.24) is 4.90 Å². The van der Waals surface area contributed by atoms with Gasteiger partial charge in [-0.1, -0.05) is 6.92 Å². The van der Waals surface area contributed by atoms with Crippen LogP contribution in [0.25, 0.3) is 0 Å². The lowest BCUT2D eigenvalue weighted by Gasteiger charge is -2.14. The largest absolute Gasteiger partial charge is 0.481 e. The fourth-order valence-corrected chi connectivity index (χ4v) is 2.00. The van der Waals surface area contributed by atoms with Crippen LogP contribution in [0.15, 0.2) is 0 Å². The molecule has 1 aliphatic rings. The van der Waals surface area contributed by atoms with Gasteiger partial charge in [-0.3, -0.25) is 4.79 Å². The van der Waals surface area contributed by atoms with Crippen molar-refractivity contribution in [3.05, 3.63) is 0 Å². The molecule has 0 amide bonds. The molecule has 0 aliphatic carbocycles. The van der Waals surface area contributed by atoms with Crippen molar-refractivity contribution in [1.29, 1.82) is 0 Å². The number of carbonyl (C=O) groups is 1. The fourth-order valence-electron chi connectivity index (χ4n) is 2.00. The van der Waals surface area contributed by atoms with Gasteiger partial charge in [0, 0.05) is 33.4 Å². The third-order valence-corrected chi connectivity index (χ3v) is 2.83. The number of aliphatic carboxylic acids is 1. The number of rotatable bonds is 5. The summed E-state index contributed by atoms with van der Waals surface area (Å²) in [5.41, 5.74) is 0. The highest BCUT2D eigenvalue weighted by Gasteiger charge is 2.33. The molecule has 0 spiro atoms. The van der Waals surface area contributed by atoms with Crippen molar-refractivity contribution in [2.45, 2.75) is 13.3 Å². The van der Waals surface area contributed by atoms with Gasteiger partial charge >= 0.3 is 5.97 Å². The normalized spacial score (nSPS) is 28.1. The first-order valence-electron chi connectivity index (χ1n) is 5.09. The molecule has 0 unspecified atom stereocenters. The van der Waals surface area contributed by atoms with E-state index in [0.717, 1.165) is 26.1 Å². The molecular weight excluding hydrogens is 182 g/mol. The standard InChI is InChI=1S/C10H19NO3/c1-8-6-11(4-3-5-14-2)7-9(8)10(12)13/h8-9H,3-7H2,1-2H3,(H,12,13)/t8-,9-/m1/s1. The Hall–Kier alpha value is -0.610. The summed E-state index contributed by atoms with van der Waals surface area (Å²) < 4.78 is 4.96. The van der Waals surface area contributed by atoms with E-state index < -0.39 is 5.97 Å². The summed E-state index contributed by atoms with van der Waals surface area (Å²) in [6, 6.07) is 0. The van der Waals surface area contributed by atoms with Crippen LogP contribution in [0.2, 0.25) is 0 Å². The first-order chi connectivity index (χ1) is 6.65. The van der Waals surface area contributed by atoms with Crippen LogP contribution in [0, 0.1) is 11.8 Å². The molecule has 0 bridgehead atoms. The first kappa shape index (κ1) is 11.5. The fraction of sp³-hybridized carbons (Fsp3) is 0.900. The molecule has 1 saturated heterocycles. The van der Waals surface area contributed by atoms with Crippen LogP contribution in [-0.4, -0.2) is 49.3 Å². The second kappa shape index (κ2) is 5.32. The SMILES string of the molecule is COCCCN1C[C@@H](C)[C@H](C(=O)O)C1. The number of carboxylic acid groups (broad SMARTS) is 1. The lowest BCUT2D eigenvalue weighted by atomic mass is 9.99. The van der Waals surface area contributed by atoms with Gasteiger partial charge in [0.1, 0.15) is 0 Å². The molecule has 1 heterocycles. The minimum Gasteiger partial charge on any atom is -0.481 e. The molecule has 2 atom stereocenters. The van der Waals surface area contributed by atoms with Crippen LogP contribution in [0.5, 0.6) is 0 Å². The maximum Gasteiger partial charge on any atom is 0.308 e. The molecule has 1 rings (SSSR count). The van der Waals surface area contributed by atoms with Gasteiger partial charge in [0.25, 0.3) is 0 Å². The number of methoxy groups -OCH3 is 1. The topological polar surface area (TPSA) is 49.8 Å². The maximum atomic E-state index is 10.8. The molecular formula is C10H19NO3. The monoisotopic (exact) mass is 201 g/mol. The predicted octanol–water partition coefficient (Wildman–Crippen LogP) is 0.675. The smallest absolute Gasteiger partial charge is 0.308 e. The van der Waals surface area contributed by atoms with Crippen molar-refractivity contribution in [3.8, 4) is 0 Å². The molecule has 0 aromatic heterocycles. The molecule has 0 saturated carbocycles. The molecule has 14 heavy (non-hydrogen) atoms. The van der Waals surface area contributed by atoms with Crippen molar-refractivity contribution in [2.24, 2.45) is 11.8 Å². The van der Waals surface area contributed by atoms with Crippen LogP contribution in [0.4, 0.5) is 0 Å². The van der Waals surface area contributed by atoms with Crippen molar-refractivity contribution in [3.63, 3.8) is 0 Å². The van der Waals surface area contributed by atoms with Crippen LogP contribution in [0.1, 0.15) is 13.3 Å². The van der Waals surface area contributed by atoms with E-state index >= 15 is 0 Å². The molecule has 4 nitrogen and oxygen atoms in total. The average Bonchev–Trinajstić information content (AvgIpc) is 2.47. The van der Waals surface area contributed by atoms with Crippen LogP contribution >= 0.6 is 0 Å². The van der Waals surface area contributed by atoms with E-state index in [4.69, 9.17) is 9.84 Å². The van der Waals surface area contributed by atoms with Crippen molar-refractivity contribution < 1.29 is 14.6 Å². The minimum absolute atomic E-state index is 0.183. The molecule has 1 fully saturated rings. The third kappa shape index (κ3) is 2.96. The highest BCUT2D eigenvalue weighted by Crippen LogP contribution is 2.22. The summed E-state index contributed by atoms with van der Waals surface area (Å²) in [6.07, 6.45) is 0.982. The van der Waals surface area contributed by atoms with Gasteiger partial charge in [0.2, 0.25) is 0 Å². The summed E-state index contributed by atoms with van der Waals surface area (Å²) in [4.78, 5) is 13.0. The number of likely N-dealkylation sites (tertiary alicyclic amines) is 1. The Morgan fingerprint density at radius 3 is 2.79 bits per heavy atom. The van der Waals surface area contributed by atoms with Crippen molar-refractivity contribution >= 4 is 5.97 Å². The zero-order chi connectivity index (χ0) is 10.6. The second-order valence-electron chi connectivity index (χ2n) is 4.03. The first-order valence-corrected chi connectivity index (χ1v) is 5.09. The number of hydrogen-bond donors (Lipinski definition) is 1. The Kier molecular flexibility index (Phi) is 4.35. The van der Waals surface area contributed by atoms with E-state index in [1.807, 2.05) is 6.92 Å². The molecule has 0 radical (unpaired) electrons. The van der Waals surface area contributed by atoms with Crippen LogP contribution in [-0.2, 0) is 9.53 Å².